The van der Waals surface area contributed by atoms with Gasteiger partial charge >= 0.3 is 25.2 Å². The highest BCUT2D eigenvalue weighted by Gasteiger charge is 2.53. The minimum absolute atomic E-state index is 0.776. The van der Waals surface area contributed by atoms with Crippen molar-refractivity contribution in [1.29, 1.82) is 0 Å². The van der Waals surface area contributed by atoms with Crippen molar-refractivity contribution < 1.29 is 71.1 Å². The Labute approximate surface area is 248 Å². The van der Waals surface area contributed by atoms with Gasteiger partial charge in [-0.25, -0.2) is 13.2 Å². The molecule has 1 unspecified atom stereocenters. The molecule has 0 radical (unpaired) electrons. The third-order valence-electron chi connectivity index (χ3n) is 6.40. The number of sulfone groups is 1. The number of esters is 2. The number of aromatic nitrogens is 2. The largest absolute Gasteiger partial charge is 0.456 e. The fourth-order valence-electron chi connectivity index (χ4n) is 4.65. The molecule has 0 bridgehead atoms. The number of H-pyrrole nitrogens is 1. The Kier molecular flexibility index (Phi) is 11.3. The predicted molar refractivity (Wildman–Crippen MR) is 141 cm³/mol. The number of aliphatic hydroxyl groups excluding tert-OH is 3. The van der Waals surface area contributed by atoms with Gasteiger partial charge in [0.05, 0.1) is 19.3 Å². The van der Waals surface area contributed by atoms with E-state index in [0.29, 0.717) is 0 Å². The summed E-state index contributed by atoms with van der Waals surface area (Å²) in [6.45, 7) is 1.01. The molecule has 3 rings (SSSR count). The zero-order chi connectivity index (χ0) is 33.1. The van der Waals surface area contributed by atoms with Crippen molar-refractivity contribution in [3.8, 4) is 0 Å². The van der Waals surface area contributed by atoms with Crippen LogP contribution in [0.25, 0.3) is 0 Å². The van der Waals surface area contributed by atoms with Crippen molar-refractivity contribution in [1.82, 2.24) is 14.9 Å². The molecule has 1 aromatic rings. The minimum atomic E-state index is -5.20. The first-order valence-electron chi connectivity index (χ1n) is 12.8. The van der Waals surface area contributed by atoms with E-state index < -0.39 is 120 Å². The number of carbonyl (C=O) groups excluding carboxylic acids is 3. The molecule has 248 valence electrons. The Bertz CT molecular complexity index is 1510. The molecular formula is C22H32N3O17PS. The van der Waals surface area contributed by atoms with E-state index >= 15 is 0 Å². The first-order chi connectivity index (χ1) is 20.4. The lowest BCUT2D eigenvalue weighted by atomic mass is 9.98. The van der Waals surface area contributed by atoms with E-state index in [1.165, 1.54) is 0 Å². The monoisotopic (exact) mass is 673 g/mol. The second-order valence-electron chi connectivity index (χ2n) is 9.89. The standard InChI is InChI=1S/C22H32N3O17PS/c1-9(27)23-15-17(32)16(31)12(6-26)42-21(15)44(36,37)8-43(34,35)38-7-13-18(39-10(2)28)19(40-11(3)29)20(41-13)25-5-4-14(30)24-22(25)33/h4-5,12-13,15-21,26,31-32H,6-8H2,1-3H3,(H,23,27)(H,34,35)(H,24,30,33)/t12-,13-,15-,16-,17-,18-,19-,20-,21+/m1/s1. The maximum atomic E-state index is 13.2. The van der Waals surface area contributed by atoms with Crippen LogP contribution in [0, 0.1) is 0 Å². The van der Waals surface area contributed by atoms with E-state index in [-0.39, 0.29) is 0 Å². The lowest BCUT2D eigenvalue weighted by molar-refractivity contribution is -0.175. The highest BCUT2D eigenvalue weighted by molar-refractivity contribution is 7.98. The quantitative estimate of drug-likeness (QED) is 0.0958. The van der Waals surface area contributed by atoms with Gasteiger partial charge in [0.2, 0.25) is 5.91 Å². The number of aliphatic hydroxyl groups is 3. The third kappa shape index (κ3) is 8.37. The number of carbonyl (C=O) groups is 3. The first-order valence-corrected chi connectivity index (χ1v) is 16.2. The zero-order valence-electron chi connectivity index (χ0n) is 23.4. The molecular weight excluding hydrogens is 641 g/mol. The highest BCUT2D eigenvalue weighted by atomic mass is 32.2. The lowest BCUT2D eigenvalue weighted by Crippen LogP contribution is -2.65. The molecule has 22 heteroatoms. The molecule has 6 N–H and O–H groups in total. The van der Waals surface area contributed by atoms with Gasteiger partial charge in [0.25, 0.3) is 5.56 Å². The van der Waals surface area contributed by atoms with Crippen molar-refractivity contribution in [3.05, 3.63) is 33.1 Å². The Morgan fingerprint density at radius 1 is 1.05 bits per heavy atom. The number of amides is 1. The van der Waals surface area contributed by atoms with Crippen LogP contribution < -0.4 is 16.6 Å². The number of ether oxygens (including phenoxy) is 4. The maximum absolute atomic E-state index is 13.2. The van der Waals surface area contributed by atoms with Crippen molar-refractivity contribution in [2.45, 2.75) is 75.1 Å². The molecule has 1 amide bonds. The Hall–Kier alpha value is -3.01. The summed E-state index contributed by atoms with van der Waals surface area (Å²) >= 11 is 0. The van der Waals surface area contributed by atoms with Crippen LogP contribution in [0.3, 0.4) is 0 Å². The van der Waals surface area contributed by atoms with Gasteiger partial charge in [-0.3, -0.25) is 33.3 Å². The van der Waals surface area contributed by atoms with Crippen molar-refractivity contribution in [2.24, 2.45) is 0 Å². The van der Waals surface area contributed by atoms with Crippen LogP contribution in [0.5, 0.6) is 0 Å². The summed E-state index contributed by atoms with van der Waals surface area (Å²) in [5, 5.41) is 32.0. The maximum Gasteiger partial charge on any atom is 0.343 e. The van der Waals surface area contributed by atoms with Gasteiger partial charge < -0.3 is 49.0 Å². The summed E-state index contributed by atoms with van der Waals surface area (Å²) in [7, 11) is -10.1. The Balaban J connectivity index is 1.86. The second kappa shape index (κ2) is 14.0. The van der Waals surface area contributed by atoms with Crippen LogP contribution in [-0.2, 0) is 52.3 Å². The number of nitrogens with one attached hydrogen (secondary N) is 2. The fraction of sp³-hybridized carbons (Fsp3) is 0.682. The summed E-state index contributed by atoms with van der Waals surface area (Å²) in [5.74, 6) is -2.68. The average molecular weight is 674 g/mol. The van der Waals surface area contributed by atoms with Crippen molar-refractivity contribution >= 4 is 35.3 Å². The van der Waals surface area contributed by atoms with Crippen LogP contribution in [0.2, 0.25) is 0 Å². The topological polar surface area (TPSA) is 296 Å². The third-order valence-corrected chi connectivity index (χ3v) is 10.8. The van der Waals surface area contributed by atoms with Crippen LogP contribution in [-0.4, -0.2) is 123 Å². The molecule has 44 heavy (non-hydrogen) atoms. The average Bonchev–Trinajstić information content (AvgIpc) is 3.20. The van der Waals surface area contributed by atoms with Gasteiger partial charge in [-0.15, -0.1) is 0 Å². The molecule has 3 heterocycles. The Morgan fingerprint density at radius 3 is 2.20 bits per heavy atom. The van der Waals surface area contributed by atoms with Gasteiger partial charge in [0, 0.05) is 33.0 Å². The zero-order valence-corrected chi connectivity index (χ0v) is 25.1. The summed E-state index contributed by atoms with van der Waals surface area (Å²) in [5.41, 5.74) is -5.67. The number of hydrogen-bond donors (Lipinski definition) is 6. The molecule has 0 aromatic carbocycles. The highest BCUT2D eigenvalue weighted by Crippen LogP contribution is 2.46. The van der Waals surface area contributed by atoms with Gasteiger partial charge in [0.1, 0.15) is 24.4 Å². The molecule has 0 saturated carbocycles. The van der Waals surface area contributed by atoms with Gasteiger partial charge in [-0.2, -0.15) is 0 Å². The van der Waals surface area contributed by atoms with E-state index in [1.54, 1.807) is 0 Å². The van der Waals surface area contributed by atoms with E-state index in [1.807, 2.05) is 4.98 Å². The SMILES string of the molecule is CC(=O)N[C@@H]1[C@@H](O)[C@H](O)[C@@H](CO)O[C@H]1S(=O)(=O)CP(=O)(O)OC[C@H]1O[C@@H](n2ccc(=O)[nH]c2=O)[C@H](OC(C)=O)[C@@H]1OC(C)=O. The van der Waals surface area contributed by atoms with Crippen molar-refractivity contribution in [2.75, 3.05) is 18.7 Å². The number of rotatable bonds is 11. The molecule has 2 fully saturated rings. The summed E-state index contributed by atoms with van der Waals surface area (Å²) in [6, 6.07) is -0.881. The number of aromatic amines is 1. The van der Waals surface area contributed by atoms with Crippen molar-refractivity contribution in [3.63, 3.8) is 0 Å². The van der Waals surface area contributed by atoms with Gasteiger partial charge in [-0.1, -0.05) is 0 Å². The first kappa shape index (κ1) is 35.5. The predicted octanol–water partition coefficient (Wildman–Crippen LogP) is -4.18. The molecule has 2 aliphatic heterocycles. The molecule has 0 spiro atoms. The summed E-state index contributed by atoms with van der Waals surface area (Å²) in [4.78, 5) is 71.7. The summed E-state index contributed by atoms with van der Waals surface area (Å²) in [6.07, 6.45) is -10.7. The number of nitrogens with zero attached hydrogens (tertiary/aromatic N) is 1. The smallest absolute Gasteiger partial charge is 0.343 e. The van der Waals surface area contributed by atoms with Gasteiger partial charge in [-0.05, 0) is 0 Å². The fourth-order valence-corrected chi connectivity index (χ4v) is 8.72. The van der Waals surface area contributed by atoms with Crippen LogP contribution in [0.1, 0.15) is 27.0 Å². The minimum Gasteiger partial charge on any atom is -0.456 e. The summed E-state index contributed by atoms with van der Waals surface area (Å²) < 4.78 is 66.4. The second-order valence-corrected chi connectivity index (χ2v) is 14.2. The molecule has 2 saturated heterocycles. The molecule has 20 nitrogen and oxygen atoms in total. The normalized spacial score (nSPS) is 31.9. The van der Waals surface area contributed by atoms with Crippen LogP contribution in [0.4, 0.5) is 0 Å². The van der Waals surface area contributed by atoms with E-state index in [0.717, 1.165) is 37.6 Å². The molecule has 10 atom stereocenters. The molecule has 2 aliphatic rings. The van der Waals surface area contributed by atoms with E-state index in [9.17, 15) is 57.2 Å². The lowest BCUT2D eigenvalue weighted by Gasteiger charge is -2.42. The Morgan fingerprint density at radius 2 is 1.66 bits per heavy atom. The van der Waals surface area contributed by atoms with E-state index in [2.05, 4.69) is 5.32 Å². The van der Waals surface area contributed by atoms with Crippen LogP contribution in [0.15, 0.2) is 21.9 Å². The van der Waals surface area contributed by atoms with Gasteiger partial charge in [0.15, 0.2) is 39.2 Å². The van der Waals surface area contributed by atoms with E-state index in [4.69, 9.17) is 23.5 Å². The molecule has 1 aromatic heterocycles. The van der Waals surface area contributed by atoms with Crippen LogP contribution >= 0.6 is 7.60 Å². The molecule has 0 aliphatic carbocycles. The number of hydrogen-bond acceptors (Lipinski definition) is 16.